The molecule has 18 heavy (non-hydrogen) atoms. The minimum Gasteiger partial charge on any atom is -0.328 e. The summed E-state index contributed by atoms with van der Waals surface area (Å²) in [6.45, 7) is 4.37. The van der Waals surface area contributed by atoms with Gasteiger partial charge in [0.2, 0.25) is 0 Å². The number of hydrogen-bond donors (Lipinski definition) is 1. The number of nitrogens with one attached hydrogen (secondary N) is 1. The van der Waals surface area contributed by atoms with E-state index in [9.17, 15) is 0 Å². The number of H-pyrrole nitrogens is 1. The van der Waals surface area contributed by atoms with Gasteiger partial charge in [0.1, 0.15) is 5.52 Å². The zero-order chi connectivity index (χ0) is 13.3. The number of aromatic nitrogens is 4. The topological polar surface area (TPSA) is 38.5 Å². The Labute approximate surface area is 117 Å². The van der Waals surface area contributed by atoms with E-state index in [4.69, 9.17) is 12.2 Å². The number of aryl methyl sites for hydroxylation is 2. The Bertz CT molecular complexity index is 593. The van der Waals surface area contributed by atoms with Crippen LogP contribution in [0.2, 0.25) is 0 Å². The van der Waals surface area contributed by atoms with E-state index in [-0.39, 0.29) is 0 Å². The molecule has 1 atom stereocenters. The van der Waals surface area contributed by atoms with E-state index < -0.39 is 0 Å². The second kappa shape index (κ2) is 5.48. The van der Waals surface area contributed by atoms with Crippen LogP contribution in [0.15, 0.2) is 0 Å². The van der Waals surface area contributed by atoms with Crippen molar-refractivity contribution in [2.24, 2.45) is 7.05 Å². The molecule has 0 aliphatic rings. The van der Waals surface area contributed by atoms with Gasteiger partial charge < -0.3 is 4.98 Å². The Morgan fingerprint density at radius 1 is 1.50 bits per heavy atom. The molecular weight excluding hydrogens is 264 g/mol. The Morgan fingerprint density at radius 2 is 2.22 bits per heavy atom. The van der Waals surface area contributed by atoms with Crippen molar-refractivity contribution >= 4 is 35.1 Å². The van der Waals surface area contributed by atoms with Crippen molar-refractivity contribution in [3.63, 3.8) is 0 Å². The lowest BCUT2D eigenvalue weighted by Crippen LogP contribution is -2.10. The zero-order valence-electron chi connectivity index (χ0n) is 11.4. The summed E-state index contributed by atoms with van der Waals surface area (Å²) in [7, 11) is 1.99. The minimum absolute atomic E-state index is 0.381. The van der Waals surface area contributed by atoms with Crippen molar-refractivity contribution < 1.29 is 0 Å². The fraction of sp³-hybridized carbons (Fsp3) is 0.667. The zero-order valence-corrected chi connectivity index (χ0v) is 13.0. The molecule has 0 fully saturated rings. The summed E-state index contributed by atoms with van der Waals surface area (Å²) in [6.07, 6.45) is 4.21. The monoisotopic (exact) mass is 284 g/mol. The molecule has 100 valence electrons. The highest BCUT2D eigenvalue weighted by Crippen LogP contribution is 2.23. The predicted octanol–water partition coefficient (Wildman–Crippen LogP) is 3.31. The summed E-state index contributed by atoms with van der Waals surface area (Å²) >= 11 is 7.29. The third kappa shape index (κ3) is 2.23. The predicted molar refractivity (Wildman–Crippen MR) is 81.0 cm³/mol. The smallest absolute Gasteiger partial charge is 0.179 e. The highest BCUT2D eigenvalue weighted by atomic mass is 32.2. The van der Waals surface area contributed by atoms with Gasteiger partial charge in [0.15, 0.2) is 10.4 Å². The van der Waals surface area contributed by atoms with Gasteiger partial charge in [-0.3, -0.25) is 9.25 Å². The maximum absolute atomic E-state index is 5.46. The van der Waals surface area contributed by atoms with Crippen LogP contribution >= 0.6 is 24.0 Å². The van der Waals surface area contributed by atoms with E-state index in [1.54, 1.807) is 0 Å². The van der Waals surface area contributed by atoms with Crippen LogP contribution in [0.3, 0.4) is 0 Å². The van der Waals surface area contributed by atoms with Crippen LogP contribution in [0, 0.1) is 4.77 Å². The van der Waals surface area contributed by atoms with Crippen LogP contribution in [-0.4, -0.2) is 31.3 Å². The third-order valence-electron chi connectivity index (χ3n) is 3.10. The van der Waals surface area contributed by atoms with Crippen molar-refractivity contribution in [2.75, 3.05) is 12.0 Å². The highest BCUT2D eigenvalue weighted by molar-refractivity contribution is 7.98. The number of nitrogens with zero attached hydrogens (tertiary/aromatic N) is 3. The lowest BCUT2D eigenvalue weighted by Gasteiger charge is -2.12. The summed E-state index contributed by atoms with van der Waals surface area (Å²) in [5.41, 5.74) is 3.35. The summed E-state index contributed by atoms with van der Waals surface area (Å²) < 4.78 is 4.94. The number of aromatic amines is 1. The summed E-state index contributed by atoms with van der Waals surface area (Å²) in [5.74, 6) is 1.05. The number of imidazole rings is 1. The molecule has 2 heterocycles. The maximum Gasteiger partial charge on any atom is 0.179 e. The van der Waals surface area contributed by atoms with Crippen LogP contribution < -0.4 is 0 Å². The first-order chi connectivity index (χ1) is 8.60. The molecule has 4 nitrogen and oxygen atoms in total. The average molecular weight is 284 g/mol. The fourth-order valence-corrected chi connectivity index (χ4v) is 3.37. The van der Waals surface area contributed by atoms with Gasteiger partial charge in [-0.1, -0.05) is 13.3 Å². The molecule has 0 radical (unpaired) electrons. The third-order valence-corrected chi connectivity index (χ3v) is 4.22. The molecular formula is C12H20N4S2. The fourth-order valence-electron chi connectivity index (χ4n) is 2.37. The molecule has 1 unspecified atom stereocenters. The van der Waals surface area contributed by atoms with Crippen molar-refractivity contribution in [1.82, 2.24) is 19.3 Å². The Kier molecular flexibility index (Phi) is 4.17. The van der Waals surface area contributed by atoms with Gasteiger partial charge in [0, 0.05) is 18.8 Å². The molecule has 6 heteroatoms. The molecule has 2 aromatic rings. The molecule has 2 aromatic heterocycles. The molecule has 0 saturated carbocycles. The molecule has 0 bridgehead atoms. The average Bonchev–Trinajstić information content (AvgIpc) is 2.78. The normalized spacial score (nSPS) is 13.3. The minimum atomic E-state index is 0.381. The summed E-state index contributed by atoms with van der Waals surface area (Å²) in [6, 6.07) is 0.381. The molecule has 2 rings (SSSR count). The Balaban J connectivity index is 2.60. The SMILES string of the molecule is CCCc1nn(C)c2c1[nH]c(=S)n2C(C)CSC. The maximum atomic E-state index is 5.46. The van der Waals surface area contributed by atoms with Crippen molar-refractivity contribution in [1.29, 1.82) is 0 Å². The van der Waals surface area contributed by atoms with Crippen molar-refractivity contribution in [3.8, 4) is 0 Å². The first-order valence-electron chi connectivity index (χ1n) is 6.25. The molecule has 0 aromatic carbocycles. The second-order valence-corrected chi connectivity index (χ2v) is 5.92. The van der Waals surface area contributed by atoms with Gasteiger partial charge >= 0.3 is 0 Å². The number of fused-ring (bicyclic) bond motifs is 1. The van der Waals surface area contributed by atoms with Crippen molar-refractivity contribution in [2.45, 2.75) is 32.7 Å². The molecule has 0 spiro atoms. The van der Waals surface area contributed by atoms with Gasteiger partial charge in [-0.15, -0.1) is 0 Å². The molecule has 0 aliphatic heterocycles. The highest BCUT2D eigenvalue weighted by Gasteiger charge is 2.17. The molecule has 1 N–H and O–H groups in total. The lowest BCUT2D eigenvalue weighted by molar-refractivity contribution is 0.595. The van der Waals surface area contributed by atoms with E-state index in [0.717, 1.165) is 40.2 Å². The van der Waals surface area contributed by atoms with Gasteiger partial charge in [0.25, 0.3) is 0 Å². The van der Waals surface area contributed by atoms with Crippen LogP contribution in [-0.2, 0) is 13.5 Å². The van der Waals surface area contributed by atoms with Gasteiger partial charge in [-0.25, -0.2) is 0 Å². The number of thioether (sulfide) groups is 1. The first-order valence-corrected chi connectivity index (χ1v) is 8.05. The quantitative estimate of drug-likeness (QED) is 0.856. The molecule has 0 amide bonds. The number of rotatable bonds is 5. The lowest BCUT2D eigenvalue weighted by atomic mass is 10.2. The van der Waals surface area contributed by atoms with Crippen molar-refractivity contribution in [3.05, 3.63) is 10.5 Å². The molecule has 0 saturated heterocycles. The largest absolute Gasteiger partial charge is 0.328 e. The van der Waals surface area contributed by atoms with Gasteiger partial charge in [-0.2, -0.15) is 16.9 Å². The summed E-state index contributed by atoms with van der Waals surface area (Å²) in [5, 5.41) is 4.60. The van der Waals surface area contributed by atoms with E-state index in [1.165, 1.54) is 0 Å². The van der Waals surface area contributed by atoms with Gasteiger partial charge in [-0.05, 0) is 31.8 Å². The van der Waals surface area contributed by atoms with E-state index in [0.29, 0.717) is 6.04 Å². The van der Waals surface area contributed by atoms with E-state index >= 15 is 0 Å². The van der Waals surface area contributed by atoms with E-state index in [2.05, 4.69) is 34.8 Å². The number of hydrogen-bond acceptors (Lipinski definition) is 3. The Hall–Kier alpha value is -0.750. The van der Waals surface area contributed by atoms with Crippen LogP contribution in [0.5, 0.6) is 0 Å². The van der Waals surface area contributed by atoms with Crippen LogP contribution in [0.25, 0.3) is 11.2 Å². The van der Waals surface area contributed by atoms with Gasteiger partial charge in [0.05, 0.1) is 5.69 Å². The second-order valence-electron chi connectivity index (χ2n) is 4.62. The molecule has 0 aliphatic carbocycles. The van der Waals surface area contributed by atoms with Crippen LogP contribution in [0.1, 0.15) is 32.0 Å². The standard InChI is InChI=1S/C12H20N4S2/c1-5-6-9-10-11(15(3)14-9)16(12(17)13-10)8(2)7-18-4/h8H,5-7H2,1-4H3,(H,13,17). The van der Waals surface area contributed by atoms with Crippen LogP contribution in [0.4, 0.5) is 0 Å². The summed E-state index contributed by atoms with van der Waals surface area (Å²) in [4.78, 5) is 3.33. The Morgan fingerprint density at radius 3 is 2.83 bits per heavy atom. The van der Waals surface area contributed by atoms with E-state index in [1.807, 2.05) is 23.5 Å². The first kappa shape index (κ1) is 13.7.